The predicted octanol–water partition coefficient (Wildman–Crippen LogP) is 4.90. The van der Waals surface area contributed by atoms with E-state index in [1.54, 1.807) is 0 Å². The molecule has 0 nitrogen and oxygen atoms in total. The molecule has 0 aromatic heterocycles. The summed E-state index contributed by atoms with van der Waals surface area (Å²) in [6.45, 7) is 0. The lowest BCUT2D eigenvalue weighted by molar-refractivity contribution is 1.60. The van der Waals surface area contributed by atoms with E-state index < -0.39 is 0 Å². The zero-order valence-electron chi connectivity index (χ0n) is 7.53. The molecule has 0 aliphatic rings. The van der Waals surface area contributed by atoms with Crippen LogP contribution < -0.4 is 0 Å². The number of hydrogen-bond donors (Lipinski definition) is 0. The zero-order chi connectivity index (χ0) is 10.2. The van der Waals surface area contributed by atoms with E-state index in [2.05, 4.69) is 31.9 Å². The van der Waals surface area contributed by atoms with Gasteiger partial charge in [-0.05, 0) is 18.2 Å². The van der Waals surface area contributed by atoms with Gasteiger partial charge in [-0.15, -0.1) is 0 Å². The second-order valence-electron chi connectivity index (χ2n) is 2.59. The molecule has 0 N–H and O–H groups in total. The molecule has 72 valence electrons. The quantitative estimate of drug-likeness (QED) is 0.649. The largest absolute Gasteiger partial charge is 0.0623 e. The Kier molecular flexibility index (Phi) is 5.57. The lowest BCUT2D eigenvalue weighted by Crippen LogP contribution is -1.61. The Balaban J connectivity index is 0.000000146. The van der Waals surface area contributed by atoms with Crippen molar-refractivity contribution in [3.8, 4) is 0 Å². The monoisotopic (exact) mass is 312 g/mol. The molecule has 14 heavy (non-hydrogen) atoms. The maximum Gasteiger partial charge on any atom is 0.0186 e. The highest BCUT2D eigenvalue weighted by Crippen LogP contribution is 2.15. The van der Waals surface area contributed by atoms with Crippen molar-refractivity contribution in [1.82, 2.24) is 0 Å². The van der Waals surface area contributed by atoms with Crippen LogP contribution in [0.3, 0.4) is 0 Å². The van der Waals surface area contributed by atoms with E-state index in [-0.39, 0.29) is 0 Å². The summed E-state index contributed by atoms with van der Waals surface area (Å²) in [5.74, 6) is 0. The molecule has 0 heterocycles. The lowest BCUT2D eigenvalue weighted by Gasteiger charge is -1.87. The van der Waals surface area contributed by atoms with Crippen molar-refractivity contribution < 1.29 is 0 Å². The Labute approximate surface area is 101 Å². The minimum atomic E-state index is 1.10. The molecule has 0 bridgehead atoms. The molecule has 0 atom stereocenters. The van der Waals surface area contributed by atoms with Crippen molar-refractivity contribution in [3.63, 3.8) is 0 Å². The van der Waals surface area contributed by atoms with Gasteiger partial charge in [0.15, 0.2) is 0 Å². The van der Waals surface area contributed by atoms with Gasteiger partial charge >= 0.3 is 0 Å². The maximum absolute atomic E-state index is 3.33. The van der Waals surface area contributed by atoms with Gasteiger partial charge in [-0.2, -0.15) is 0 Å². The summed E-state index contributed by atoms with van der Waals surface area (Å²) >= 11 is 6.66. The van der Waals surface area contributed by atoms with Crippen molar-refractivity contribution >= 4 is 31.9 Å². The van der Waals surface area contributed by atoms with E-state index in [4.69, 9.17) is 0 Å². The SMILES string of the molecule is Brc1cccc(Br)c1.c1ccccc1. The Hall–Kier alpha value is -0.600. The first-order valence-electron chi connectivity index (χ1n) is 4.20. The van der Waals surface area contributed by atoms with Crippen LogP contribution in [-0.2, 0) is 0 Å². The smallest absolute Gasteiger partial charge is 0.0186 e. The first kappa shape index (κ1) is 11.5. The first-order chi connectivity index (χ1) is 6.79. The summed E-state index contributed by atoms with van der Waals surface area (Å²) < 4.78 is 2.21. The van der Waals surface area contributed by atoms with Gasteiger partial charge in [0, 0.05) is 8.95 Å². The van der Waals surface area contributed by atoms with Crippen LogP contribution in [0.4, 0.5) is 0 Å². The molecule has 0 aliphatic carbocycles. The van der Waals surface area contributed by atoms with Gasteiger partial charge in [0.05, 0.1) is 0 Å². The van der Waals surface area contributed by atoms with Crippen molar-refractivity contribution in [2.45, 2.75) is 0 Å². The molecule has 0 fully saturated rings. The summed E-state index contributed by atoms with van der Waals surface area (Å²) in [6.07, 6.45) is 0. The fraction of sp³-hybridized carbons (Fsp3) is 0. The zero-order valence-corrected chi connectivity index (χ0v) is 10.7. The first-order valence-corrected chi connectivity index (χ1v) is 5.79. The Morgan fingerprint density at radius 3 is 1.14 bits per heavy atom. The molecule has 0 unspecified atom stereocenters. The van der Waals surface area contributed by atoms with Gasteiger partial charge in [0.25, 0.3) is 0 Å². The molecule has 2 aromatic carbocycles. The normalized spacial score (nSPS) is 8.71. The van der Waals surface area contributed by atoms with Crippen LogP contribution in [0.1, 0.15) is 0 Å². The van der Waals surface area contributed by atoms with Gasteiger partial charge in [0.2, 0.25) is 0 Å². The third-order valence-electron chi connectivity index (χ3n) is 1.45. The molecule has 0 amide bonds. The standard InChI is InChI=1S/C6H4Br2.C6H6/c7-5-2-1-3-6(8)4-5;1-2-4-6-5-3-1/h1-4H;1-6H. The Morgan fingerprint density at radius 1 is 0.571 bits per heavy atom. The van der Waals surface area contributed by atoms with E-state index in [0.717, 1.165) is 8.95 Å². The van der Waals surface area contributed by atoms with Crippen LogP contribution in [0.2, 0.25) is 0 Å². The summed E-state index contributed by atoms with van der Waals surface area (Å²) in [7, 11) is 0. The highest BCUT2D eigenvalue weighted by Gasteiger charge is 1.84. The van der Waals surface area contributed by atoms with Gasteiger partial charge in [-0.25, -0.2) is 0 Å². The fourth-order valence-corrected chi connectivity index (χ4v) is 1.95. The van der Waals surface area contributed by atoms with Crippen molar-refractivity contribution in [2.75, 3.05) is 0 Å². The number of rotatable bonds is 0. The predicted molar refractivity (Wildman–Crippen MR) is 68.3 cm³/mol. The van der Waals surface area contributed by atoms with E-state index in [9.17, 15) is 0 Å². The van der Waals surface area contributed by atoms with Crippen molar-refractivity contribution in [2.24, 2.45) is 0 Å². The van der Waals surface area contributed by atoms with Crippen LogP contribution in [0.5, 0.6) is 0 Å². The van der Waals surface area contributed by atoms with Gasteiger partial charge in [0.1, 0.15) is 0 Å². The average Bonchev–Trinajstić information content (AvgIpc) is 2.21. The second-order valence-corrected chi connectivity index (χ2v) is 4.43. The third-order valence-corrected chi connectivity index (χ3v) is 2.44. The van der Waals surface area contributed by atoms with E-state index in [1.807, 2.05) is 60.7 Å². The minimum absolute atomic E-state index is 1.10. The summed E-state index contributed by atoms with van der Waals surface area (Å²) in [5.41, 5.74) is 0. The van der Waals surface area contributed by atoms with E-state index in [0.29, 0.717) is 0 Å². The van der Waals surface area contributed by atoms with Gasteiger partial charge in [-0.1, -0.05) is 74.3 Å². The number of halogens is 2. The minimum Gasteiger partial charge on any atom is -0.0623 e. The maximum atomic E-state index is 3.33. The third kappa shape index (κ3) is 5.20. The van der Waals surface area contributed by atoms with Crippen LogP contribution in [0.15, 0.2) is 69.6 Å². The van der Waals surface area contributed by atoms with Crippen molar-refractivity contribution in [3.05, 3.63) is 69.6 Å². The highest BCUT2D eigenvalue weighted by atomic mass is 79.9. The molecule has 0 spiro atoms. The topological polar surface area (TPSA) is 0 Å². The molecular weight excluding hydrogens is 304 g/mol. The molecule has 0 saturated carbocycles. The highest BCUT2D eigenvalue weighted by molar-refractivity contribution is 9.11. The molecule has 2 aromatic rings. The Bertz CT molecular complexity index is 314. The van der Waals surface area contributed by atoms with Crippen LogP contribution >= 0.6 is 31.9 Å². The molecule has 2 heteroatoms. The molecule has 0 saturated heterocycles. The van der Waals surface area contributed by atoms with Crippen LogP contribution in [-0.4, -0.2) is 0 Å². The van der Waals surface area contributed by atoms with Crippen LogP contribution in [0, 0.1) is 0 Å². The van der Waals surface area contributed by atoms with E-state index >= 15 is 0 Å². The summed E-state index contributed by atoms with van der Waals surface area (Å²) in [6, 6.07) is 20.0. The molecule has 2 rings (SSSR count). The Morgan fingerprint density at radius 2 is 0.929 bits per heavy atom. The van der Waals surface area contributed by atoms with Gasteiger partial charge in [-0.3, -0.25) is 0 Å². The fourth-order valence-electron chi connectivity index (χ4n) is 0.845. The number of benzene rings is 2. The lowest BCUT2D eigenvalue weighted by atomic mass is 10.4. The second kappa shape index (κ2) is 6.80. The van der Waals surface area contributed by atoms with E-state index in [1.165, 1.54) is 0 Å². The summed E-state index contributed by atoms with van der Waals surface area (Å²) in [4.78, 5) is 0. The molecule has 0 radical (unpaired) electrons. The van der Waals surface area contributed by atoms with Gasteiger partial charge < -0.3 is 0 Å². The number of hydrogen-bond acceptors (Lipinski definition) is 0. The average molecular weight is 314 g/mol. The molecule has 0 aliphatic heterocycles. The summed E-state index contributed by atoms with van der Waals surface area (Å²) in [5, 5.41) is 0. The van der Waals surface area contributed by atoms with Crippen LogP contribution in [0.25, 0.3) is 0 Å². The molecular formula is C12H10Br2. The van der Waals surface area contributed by atoms with Crippen molar-refractivity contribution in [1.29, 1.82) is 0 Å².